The molecule has 2 N–H and O–H groups in total. The van der Waals surface area contributed by atoms with E-state index in [9.17, 15) is 14.7 Å². The molecular weight excluding hydrogens is 344 g/mol. The van der Waals surface area contributed by atoms with E-state index in [4.69, 9.17) is 4.74 Å². The zero-order valence-corrected chi connectivity index (χ0v) is 17.7. The highest BCUT2D eigenvalue weighted by molar-refractivity contribution is 5.87. The van der Waals surface area contributed by atoms with E-state index >= 15 is 0 Å². The Morgan fingerprint density at radius 3 is 2.33 bits per heavy atom. The Morgan fingerprint density at radius 1 is 1.11 bits per heavy atom. The summed E-state index contributed by atoms with van der Waals surface area (Å²) in [4.78, 5) is 26.3. The molecule has 1 aliphatic heterocycles. The summed E-state index contributed by atoms with van der Waals surface area (Å²) in [5, 5.41) is 12.2. The molecule has 2 rings (SSSR count). The summed E-state index contributed by atoms with van der Waals surface area (Å²) in [6.45, 7) is 9.29. The molecule has 2 amide bonds. The Hall–Kier alpha value is -1.14. The second-order valence-corrected chi connectivity index (χ2v) is 7.70. The van der Waals surface area contributed by atoms with Gasteiger partial charge in [-0.3, -0.25) is 9.59 Å². The fourth-order valence-corrected chi connectivity index (χ4v) is 3.95. The van der Waals surface area contributed by atoms with Gasteiger partial charge >= 0.3 is 0 Å². The third-order valence-corrected chi connectivity index (χ3v) is 5.50. The van der Waals surface area contributed by atoms with Gasteiger partial charge in [0.25, 0.3) is 0 Å². The zero-order valence-electron chi connectivity index (χ0n) is 17.7. The molecule has 3 atom stereocenters. The largest absolute Gasteiger partial charge is 0.396 e. The number of piperidine rings is 1. The van der Waals surface area contributed by atoms with Crippen molar-refractivity contribution < 1.29 is 19.4 Å². The molecule has 2 aliphatic rings. The Balaban J connectivity index is 0.00000176. The maximum Gasteiger partial charge on any atom is 0.247 e. The molecule has 6 nitrogen and oxygen atoms in total. The van der Waals surface area contributed by atoms with E-state index in [2.05, 4.69) is 5.32 Å². The Morgan fingerprint density at radius 2 is 1.74 bits per heavy atom. The number of carbonyl (C=O) groups is 2. The van der Waals surface area contributed by atoms with Crippen LogP contribution in [0.3, 0.4) is 0 Å². The minimum absolute atomic E-state index is 0.0931. The van der Waals surface area contributed by atoms with Crippen LogP contribution in [0.5, 0.6) is 0 Å². The average molecular weight is 385 g/mol. The number of aliphatic hydroxyl groups excluding tert-OH is 1. The summed E-state index contributed by atoms with van der Waals surface area (Å²) >= 11 is 0. The molecule has 0 spiro atoms. The Kier molecular flexibility index (Phi) is 11.6. The van der Waals surface area contributed by atoms with Crippen LogP contribution in [0.2, 0.25) is 0 Å². The lowest BCUT2D eigenvalue weighted by atomic mass is 9.90. The normalized spacial score (nSPS) is 23.0. The molecule has 0 aromatic heterocycles. The van der Waals surface area contributed by atoms with E-state index in [0.717, 1.165) is 12.8 Å². The van der Waals surface area contributed by atoms with Gasteiger partial charge < -0.3 is 20.1 Å². The highest BCUT2D eigenvalue weighted by atomic mass is 16.5. The summed E-state index contributed by atoms with van der Waals surface area (Å²) in [7, 11) is 0. The van der Waals surface area contributed by atoms with Crippen LogP contribution < -0.4 is 5.32 Å². The summed E-state index contributed by atoms with van der Waals surface area (Å²) in [6, 6.07) is -0.654. The number of aliphatic hydroxyl groups is 1. The summed E-state index contributed by atoms with van der Waals surface area (Å²) in [5.74, 6) is 0.388. The van der Waals surface area contributed by atoms with Crippen molar-refractivity contribution in [2.24, 2.45) is 11.8 Å². The lowest BCUT2D eigenvalue weighted by Gasteiger charge is -2.36. The van der Waals surface area contributed by atoms with E-state index in [-0.39, 0.29) is 30.4 Å². The first kappa shape index (κ1) is 23.9. The average Bonchev–Trinajstić information content (AvgIpc) is 2.72. The molecule has 1 saturated carbocycles. The molecule has 0 radical (unpaired) electrons. The topological polar surface area (TPSA) is 78.9 Å². The van der Waals surface area contributed by atoms with Crippen molar-refractivity contribution in [1.29, 1.82) is 0 Å². The van der Waals surface area contributed by atoms with Gasteiger partial charge in [-0.05, 0) is 44.4 Å². The van der Waals surface area contributed by atoms with Crippen LogP contribution in [-0.2, 0) is 14.3 Å². The first-order valence-electron chi connectivity index (χ1n) is 10.8. The number of nitrogens with one attached hydrogen (secondary N) is 1. The highest BCUT2D eigenvalue weighted by Gasteiger charge is 2.33. The number of likely N-dealkylation sites (tertiary alicyclic amines) is 1. The second-order valence-electron chi connectivity index (χ2n) is 7.70. The number of nitrogens with zero attached hydrogens (tertiary/aromatic N) is 1. The van der Waals surface area contributed by atoms with Gasteiger partial charge in [0.05, 0.1) is 6.10 Å². The lowest BCUT2D eigenvalue weighted by Crippen LogP contribution is -2.56. The molecule has 2 fully saturated rings. The van der Waals surface area contributed by atoms with Crippen molar-refractivity contribution in [3.05, 3.63) is 0 Å². The third kappa shape index (κ3) is 8.18. The van der Waals surface area contributed by atoms with E-state index in [1.165, 1.54) is 39.0 Å². The van der Waals surface area contributed by atoms with Gasteiger partial charge in [-0.2, -0.15) is 0 Å². The minimum Gasteiger partial charge on any atom is -0.396 e. The molecular formula is C21H40N2O4. The van der Waals surface area contributed by atoms with Gasteiger partial charge in [0, 0.05) is 33.2 Å². The van der Waals surface area contributed by atoms with Crippen LogP contribution in [-0.4, -0.2) is 60.3 Å². The number of rotatable bonds is 7. The number of hydrogen-bond donors (Lipinski definition) is 2. The van der Waals surface area contributed by atoms with Crippen LogP contribution in [0.4, 0.5) is 0 Å². The summed E-state index contributed by atoms with van der Waals surface area (Å²) in [6.07, 6.45) is 7.68. The standard InChI is InChI=1S/C19H34N2O4.C2H6/c1-14(25-13-16-7-4-3-5-8-16)18(20-15(2)23)19(24)21-10-6-9-17(11-21)12-22;1-2/h14,16-18,22H,3-13H2,1-2H3,(H,20,23);1-2H3. The molecule has 27 heavy (non-hydrogen) atoms. The zero-order chi connectivity index (χ0) is 20.2. The molecule has 0 aromatic carbocycles. The molecule has 1 saturated heterocycles. The predicted molar refractivity (Wildman–Crippen MR) is 107 cm³/mol. The van der Waals surface area contributed by atoms with E-state index in [1.54, 1.807) is 4.90 Å². The van der Waals surface area contributed by atoms with Crippen molar-refractivity contribution in [2.45, 2.75) is 84.8 Å². The fourth-order valence-electron chi connectivity index (χ4n) is 3.95. The van der Waals surface area contributed by atoms with Crippen molar-refractivity contribution in [3.63, 3.8) is 0 Å². The van der Waals surface area contributed by atoms with Crippen LogP contribution in [0.1, 0.15) is 72.6 Å². The van der Waals surface area contributed by atoms with Crippen molar-refractivity contribution in [2.75, 3.05) is 26.3 Å². The van der Waals surface area contributed by atoms with Gasteiger partial charge in [-0.1, -0.05) is 33.1 Å². The summed E-state index contributed by atoms with van der Waals surface area (Å²) < 4.78 is 6.00. The third-order valence-electron chi connectivity index (χ3n) is 5.50. The van der Waals surface area contributed by atoms with E-state index < -0.39 is 6.04 Å². The van der Waals surface area contributed by atoms with Gasteiger partial charge in [0.15, 0.2) is 0 Å². The minimum atomic E-state index is -0.654. The van der Waals surface area contributed by atoms with Crippen molar-refractivity contribution in [1.82, 2.24) is 10.2 Å². The first-order chi connectivity index (χ1) is 13.0. The first-order valence-corrected chi connectivity index (χ1v) is 10.8. The molecule has 1 heterocycles. The number of amides is 2. The number of ether oxygens (including phenoxy) is 1. The van der Waals surface area contributed by atoms with Crippen molar-refractivity contribution >= 4 is 11.8 Å². The molecule has 1 aliphatic carbocycles. The van der Waals surface area contributed by atoms with Gasteiger partial charge in [-0.15, -0.1) is 0 Å². The smallest absolute Gasteiger partial charge is 0.247 e. The van der Waals surface area contributed by atoms with Gasteiger partial charge in [0.1, 0.15) is 6.04 Å². The van der Waals surface area contributed by atoms with Crippen molar-refractivity contribution in [3.8, 4) is 0 Å². The quantitative estimate of drug-likeness (QED) is 0.707. The van der Waals surface area contributed by atoms with Crippen LogP contribution in [0.25, 0.3) is 0 Å². The molecule has 6 heteroatoms. The molecule has 0 bridgehead atoms. The molecule has 158 valence electrons. The lowest BCUT2D eigenvalue weighted by molar-refractivity contribution is -0.142. The molecule has 0 aromatic rings. The van der Waals surface area contributed by atoms with Gasteiger partial charge in [-0.25, -0.2) is 0 Å². The Bertz CT molecular complexity index is 438. The SMILES string of the molecule is CC.CC(=O)NC(C(=O)N1CCCC(CO)C1)C(C)OCC1CCCCC1. The fraction of sp³-hybridized carbons (Fsp3) is 0.905. The number of hydrogen-bond acceptors (Lipinski definition) is 4. The van der Waals surface area contributed by atoms with Crippen LogP contribution in [0, 0.1) is 11.8 Å². The predicted octanol–water partition coefficient (Wildman–Crippen LogP) is 2.73. The number of carbonyl (C=O) groups excluding carboxylic acids is 2. The van der Waals surface area contributed by atoms with E-state index in [0.29, 0.717) is 25.6 Å². The maximum absolute atomic E-state index is 12.9. The highest BCUT2D eigenvalue weighted by Crippen LogP contribution is 2.24. The second kappa shape index (κ2) is 13.1. The Labute approximate surface area is 165 Å². The summed E-state index contributed by atoms with van der Waals surface area (Å²) in [5.41, 5.74) is 0. The molecule has 3 unspecified atom stereocenters. The monoisotopic (exact) mass is 384 g/mol. The van der Waals surface area contributed by atoms with Gasteiger partial charge in [0.2, 0.25) is 11.8 Å². The maximum atomic E-state index is 12.9. The van der Waals surface area contributed by atoms with Crippen LogP contribution in [0.15, 0.2) is 0 Å². The van der Waals surface area contributed by atoms with E-state index in [1.807, 2.05) is 20.8 Å². The van der Waals surface area contributed by atoms with Crippen LogP contribution >= 0.6 is 0 Å².